The molecule has 0 radical (unpaired) electrons. The van der Waals surface area contributed by atoms with E-state index in [1.165, 1.54) is 30.2 Å². The molecule has 0 aromatic heterocycles. The van der Waals surface area contributed by atoms with Crippen LogP contribution in [-0.2, 0) is 9.53 Å². The molecule has 0 spiro atoms. The monoisotopic (exact) mass is 460 g/mol. The molecular formula is C23H28N2O2S3. The lowest BCUT2D eigenvalue weighted by molar-refractivity contribution is -0.141. The predicted molar refractivity (Wildman–Crippen MR) is 130 cm³/mol. The van der Waals surface area contributed by atoms with Crippen molar-refractivity contribution in [2.75, 3.05) is 34.5 Å². The number of rotatable bonds is 7. The van der Waals surface area contributed by atoms with Gasteiger partial charge in [0.05, 0.1) is 5.69 Å². The van der Waals surface area contributed by atoms with E-state index < -0.39 is 5.97 Å². The van der Waals surface area contributed by atoms with Gasteiger partial charge >= 0.3 is 5.97 Å². The first-order valence-corrected chi connectivity index (χ1v) is 13.5. The third-order valence-electron chi connectivity index (χ3n) is 4.87. The van der Waals surface area contributed by atoms with Gasteiger partial charge in [-0.15, -0.1) is 0 Å². The third kappa shape index (κ3) is 6.03. The van der Waals surface area contributed by atoms with Crippen LogP contribution in [0.2, 0.25) is 0 Å². The Morgan fingerprint density at radius 1 is 1.23 bits per heavy atom. The van der Waals surface area contributed by atoms with E-state index in [9.17, 15) is 10.1 Å². The van der Waals surface area contributed by atoms with Crippen molar-refractivity contribution in [2.24, 2.45) is 0 Å². The Labute approximate surface area is 192 Å². The van der Waals surface area contributed by atoms with Gasteiger partial charge in [-0.2, -0.15) is 28.8 Å². The van der Waals surface area contributed by atoms with E-state index in [-0.39, 0.29) is 11.7 Å². The summed E-state index contributed by atoms with van der Waals surface area (Å²) in [6.07, 6.45) is 4.35. The molecule has 1 saturated heterocycles. The number of nitriles is 1. The number of para-hydroxylation sites is 1. The molecule has 2 aliphatic rings. The second-order valence-corrected chi connectivity index (χ2v) is 10.5. The number of anilines is 1. The number of benzene rings is 1. The fourth-order valence-corrected chi connectivity index (χ4v) is 6.72. The Balaban J connectivity index is 1.76. The molecule has 1 aromatic rings. The first-order valence-electron chi connectivity index (χ1n) is 10.4. The summed E-state index contributed by atoms with van der Waals surface area (Å²) in [6.45, 7) is 7.04. The molecule has 3 rings (SSSR count). The van der Waals surface area contributed by atoms with Crippen LogP contribution in [0.5, 0.6) is 0 Å². The quantitative estimate of drug-likeness (QED) is 0.166. The smallest absolute Gasteiger partial charge is 0.351 e. The second-order valence-electron chi connectivity index (χ2n) is 7.38. The fourth-order valence-electron chi connectivity index (χ4n) is 3.36. The molecule has 0 bridgehead atoms. The van der Waals surface area contributed by atoms with Gasteiger partial charge in [0.25, 0.3) is 0 Å². The van der Waals surface area contributed by atoms with Gasteiger partial charge in [0.2, 0.25) is 0 Å². The maximum absolute atomic E-state index is 13.0. The summed E-state index contributed by atoms with van der Waals surface area (Å²) in [7, 11) is 0. The summed E-state index contributed by atoms with van der Waals surface area (Å²) in [4.78, 5) is 16.2. The largest absolute Gasteiger partial charge is 0.456 e. The second kappa shape index (κ2) is 11.8. The van der Waals surface area contributed by atoms with Crippen LogP contribution in [0.25, 0.3) is 0 Å². The maximum atomic E-state index is 13.0. The van der Waals surface area contributed by atoms with Crippen LogP contribution < -0.4 is 4.90 Å². The molecule has 0 saturated carbocycles. The number of hydrogen-bond acceptors (Lipinski definition) is 7. The van der Waals surface area contributed by atoms with E-state index in [1.54, 1.807) is 23.5 Å². The Bertz CT molecular complexity index is 835. The Kier molecular flexibility index (Phi) is 9.10. The molecule has 4 nitrogen and oxygen atoms in total. The highest BCUT2D eigenvalue weighted by Crippen LogP contribution is 2.47. The van der Waals surface area contributed by atoms with Crippen LogP contribution >= 0.6 is 35.3 Å². The first-order chi connectivity index (χ1) is 14.6. The molecular weight excluding hydrogens is 432 g/mol. The summed E-state index contributed by atoms with van der Waals surface area (Å²) in [5.41, 5.74) is 2.41. The van der Waals surface area contributed by atoms with Gasteiger partial charge in [0, 0.05) is 34.5 Å². The molecule has 0 unspecified atom stereocenters. The molecule has 0 atom stereocenters. The van der Waals surface area contributed by atoms with Gasteiger partial charge in [-0.3, -0.25) is 0 Å². The number of carbonyl (C=O) groups is 1. The van der Waals surface area contributed by atoms with Crippen LogP contribution in [0.1, 0.15) is 32.6 Å². The number of esters is 1. The van der Waals surface area contributed by atoms with Gasteiger partial charge in [-0.1, -0.05) is 62.2 Å². The number of ether oxygens (including phenoxy) is 1. The van der Waals surface area contributed by atoms with Gasteiger partial charge in [0.1, 0.15) is 17.2 Å². The van der Waals surface area contributed by atoms with E-state index in [2.05, 4.69) is 30.5 Å². The molecule has 30 heavy (non-hydrogen) atoms. The molecule has 1 fully saturated rings. The van der Waals surface area contributed by atoms with Crippen LogP contribution in [-0.4, -0.2) is 41.6 Å². The van der Waals surface area contributed by atoms with E-state index in [1.807, 2.05) is 18.2 Å². The molecule has 160 valence electrons. The average Bonchev–Trinajstić information content (AvgIpc) is 3.08. The van der Waals surface area contributed by atoms with Crippen molar-refractivity contribution in [3.63, 3.8) is 0 Å². The molecule has 1 aromatic carbocycles. The standard InChI is InChI=1S/C23H28N2O2S3/c1-3-4-5-8-11-25-20-9-6-7-10-21(20)30-22(25)19(12-24)23(26)27-18-15-28-13-17(2)14-29-16-18/h6-7,9-10,18H,2-5,8,11,13-16H2,1H3. The topological polar surface area (TPSA) is 53.3 Å². The zero-order valence-corrected chi connectivity index (χ0v) is 19.8. The number of thioether (sulfide) groups is 3. The van der Waals surface area contributed by atoms with Gasteiger partial charge in [-0.05, 0) is 18.6 Å². The zero-order chi connectivity index (χ0) is 21.3. The Morgan fingerprint density at radius 3 is 2.67 bits per heavy atom. The van der Waals surface area contributed by atoms with Crippen molar-refractivity contribution >= 4 is 46.9 Å². The molecule has 7 heteroatoms. The lowest BCUT2D eigenvalue weighted by Gasteiger charge is -2.23. The molecule has 2 heterocycles. The van der Waals surface area contributed by atoms with Crippen LogP contribution in [0, 0.1) is 11.3 Å². The van der Waals surface area contributed by atoms with Crippen molar-refractivity contribution in [1.82, 2.24) is 0 Å². The number of hydrogen-bond donors (Lipinski definition) is 0. The van der Waals surface area contributed by atoms with Gasteiger partial charge in [-0.25, -0.2) is 4.79 Å². The molecule has 0 amide bonds. The number of fused-ring (bicyclic) bond motifs is 1. The average molecular weight is 461 g/mol. The minimum atomic E-state index is -0.503. The van der Waals surface area contributed by atoms with Crippen molar-refractivity contribution in [1.29, 1.82) is 5.26 Å². The van der Waals surface area contributed by atoms with E-state index >= 15 is 0 Å². The predicted octanol–water partition coefficient (Wildman–Crippen LogP) is 5.86. The Morgan fingerprint density at radius 2 is 1.97 bits per heavy atom. The van der Waals surface area contributed by atoms with Gasteiger partial charge < -0.3 is 9.64 Å². The summed E-state index contributed by atoms with van der Waals surface area (Å²) >= 11 is 4.98. The SMILES string of the molecule is C=C1CSCC(OC(=O)C(C#N)=C2Sc3ccccc3N2CCCCCC)CSC1. The molecule has 0 N–H and O–H groups in total. The number of nitrogens with zero attached hydrogens (tertiary/aromatic N) is 2. The van der Waals surface area contributed by atoms with Crippen molar-refractivity contribution in [3.8, 4) is 6.07 Å². The summed E-state index contributed by atoms with van der Waals surface area (Å²) < 4.78 is 5.79. The van der Waals surface area contributed by atoms with Crippen molar-refractivity contribution in [2.45, 2.75) is 43.6 Å². The minimum Gasteiger partial charge on any atom is -0.456 e. The highest BCUT2D eigenvalue weighted by atomic mass is 32.2. The van der Waals surface area contributed by atoms with Gasteiger partial charge in [0.15, 0.2) is 5.57 Å². The van der Waals surface area contributed by atoms with E-state index in [0.717, 1.165) is 53.0 Å². The third-order valence-corrected chi connectivity index (χ3v) is 8.49. The zero-order valence-electron chi connectivity index (χ0n) is 17.4. The lowest BCUT2D eigenvalue weighted by atomic mass is 10.2. The van der Waals surface area contributed by atoms with Crippen molar-refractivity contribution < 1.29 is 9.53 Å². The number of carbonyl (C=O) groups excluding carboxylic acids is 1. The summed E-state index contributed by atoms with van der Waals surface area (Å²) in [5, 5.41) is 10.6. The highest BCUT2D eigenvalue weighted by Gasteiger charge is 2.31. The van der Waals surface area contributed by atoms with Crippen molar-refractivity contribution in [3.05, 3.63) is 47.0 Å². The lowest BCUT2D eigenvalue weighted by Crippen LogP contribution is -2.28. The van der Waals surface area contributed by atoms with Crippen LogP contribution in [0.15, 0.2) is 51.9 Å². The van der Waals surface area contributed by atoms with Crippen LogP contribution in [0.3, 0.4) is 0 Å². The van der Waals surface area contributed by atoms with Crippen LogP contribution in [0.4, 0.5) is 5.69 Å². The first kappa shape index (κ1) is 23.2. The molecule has 2 aliphatic heterocycles. The normalized spacial score (nSPS) is 18.9. The number of unbranched alkanes of at least 4 members (excludes halogenated alkanes) is 3. The van der Waals surface area contributed by atoms with E-state index in [4.69, 9.17) is 4.74 Å². The fraction of sp³-hybridized carbons (Fsp3) is 0.478. The summed E-state index contributed by atoms with van der Waals surface area (Å²) in [6, 6.07) is 10.2. The molecule has 0 aliphatic carbocycles. The maximum Gasteiger partial charge on any atom is 0.351 e. The summed E-state index contributed by atoms with van der Waals surface area (Å²) in [5.74, 6) is 2.75. The Hall–Kier alpha value is -1.49. The minimum absolute atomic E-state index is 0.119. The highest BCUT2D eigenvalue weighted by molar-refractivity contribution is 8.03. The van der Waals surface area contributed by atoms with E-state index in [0.29, 0.717) is 5.03 Å².